The van der Waals surface area contributed by atoms with Crippen molar-refractivity contribution in [1.29, 1.82) is 0 Å². The highest BCUT2D eigenvalue weighted by atomic mass is 32.2. The van der Waals surface area contributed by atoms with Crippen LogP contribution in [0.2, 0.25) is 0 Å². The molecule has 25 heavy (non-hydrogen) atoms. The highest BCUT2D eigenvalue weighted by Gasteiger charge is 2.18. The first kappa shape index (κ1) is 17.6. The van der Waals surface area contributed by atoms with Crippen molar-refractivity contribution < 1.29 is 17.9 Å². The molecule has 0 atom stereocenters. The van der Waals surface area contributed by atoms with Crippen LogP contribution in [0, 0.1) is 6.92 Å². The minimum atomic E-state index is -3.64. The average Bonchev–Trinajstić information content (AvgIpc) is 3.09. The van der Waals surface area contributed by atoms with E-state index in [1.165, 1.54) is 18.9 Å². The van der Waals surface area contributed by atoms with Crippen molar-refractivity contribution in [2.24, 2.45) is 0 Å². The zero-order valence-corrected chi connectivity index (χ0v) is 15.3. The second-order valence-electron chi connectivity index (χ2n) is 6.29. The molecule has 0 spiro atoms. The first-order valence-corrected chi connectivity index (χ1v) is 9.90. The van der Waals surface area contributed by atoms with Crippen LogP contribution in [-0.4, -0.2) is 21.6 Å². The first-order valence-electron chi connectivity index (χ1n) is 8.42. The van der Waals surface area contributed by atoms with E-state index in [0.29, 0.717) is 11.4 Å². The molecule has 0 radical (unpaired) electrons. The maximum Gasteiger partial charge on any atom is 0.261 e. The number of anilines is 1. The number of benzene rings is 2. The number of sulfonamides is 1. The number of aryl methyl sites for hydroxylation is 1. The highest BCUT2D eigenvalue weighted by Crippen LogP contribution is 2.26. The largest absolute Gasteiger partial charge is 0.496 e. The van der Waals surface area contributed by atoms with E-state index in [1.807, 2.05) is 6.92 Å². The molecule has 0 aliphatic heterocycles. The highest BCUT2D eigenvalue weighted by molar-refractivity contribution is 7.92. The zero-order chi connectivity index (χ0) is 17.9. The van der Waals surface area contributed by atoms with Gasteiger partial charge in [-0.2, -0.15) is 0 Å². The van der Waals surface area contributed by atoms with Crippen LogP contribution in [0.3, 0.4) is 0 Å². The summed E-state index contributed by atoms with van der Waals surface area (Å²) < 4.78 is 38.7. The second kappa shape index (κ2) is 7.35. The molecule has 0 heterocycles. The van der Waals surface area contributed by atoms with Gasteiger partial charge in [0.25, 0.3) is 10.0 Å². The lowest BCUT2D eigenvalue weighted by Gasteiger charge is -2.14. The standard InChI is InChI=1S/C19H23NO4S/c1-14-13-18(11-12-19(14)23-2)25(21,22)20-15-7-9-17(10-8-15)24-16-5-3-4-6-16/h7-13,16,20H,3-6H2,1-2H3. The fourth-order valence-electron chi connectivity index (χ4n) is 3.03. The van der Waals surface area contributed by atoms with Gasteiger partial charge in [0, 0.05) is 5.69 Å². The minimum absolute atomic E-state index is 0.206. The van der Waals surface area contributed by atoms with E-state index in [0.717, 1.165) is 24.2 Å². The Kier molecular flexibility index (Phi) is 5.18. The third-order valence-corrected chi connectivity index (χ3v) is 5.77. The molecule has 1 fully saturated rings. The van der Waals surface area contributed by atoms with Gasteiger partial charge < -0.3 is 9.47 Å². The molecule has 0 saturated heterocycles. The van der Waals surface area contributed by atoms with Gasteiger partial charge in [0.05, 0.1) is 18.1 Å². The molecule has 1 N–H and O–H groups in total. The van der Waals surface area contributed by atoms with Gasteiger partial charge in [-0.25, -0.2) is 8.42 Å². The quantitative estimate of drug-likeness (QED) is 0.840. The molecule has 134 valence electrons. The summed E-state index contributed by atoms with van der Waals surface area (Å²) in [7, 11) is -2.08. The smallest absolute Gasteiger partial charge is 0.261 e. The second-order valence-corrected chi connectivity index (χ2v) is 7.97. The average molecular weight is 361 g/mol. The molecule has 5 nitrogen and oxygen atoms in total. The molecule has 0 aromatic heterocycles. The number of hydrogen-bond acceptors (Lipinski definition) is 4. The molecular weight excluding hydrogens is 338 g/mol. The van der Waals surface area contributed by atoms with Crippen molar-refractivity contribution in [1.82, 2.24) is 0 Å². The number of ether oxygens (including phenoxy) is 2. The van der Waals surface area contributed by atoms with Crippen LogP contribution >= 0.6 is 0 Å². The first-order chi connectivity index (χ1) is 12.0. The molecule has 0 amide bonds. The zero-order valence-electron chi connectivity index (χ0n) is 14.5. The van der Waals surface area contributed by atoms with E-state index in [1.54, 1.807) is 43.5 Å². The van der Waals surface area contributed by atoms with Gasteiger partial charge in [0.1, 0.15) is 11.5 Å². The Labute approximate surface area is 149 Å². The monoisotopic (exact) mass is 361 g/mol. The van der Waals surface area contributed by atoms with Crippen molar-refractivity contribution in [2.45, 2.75) is 43.6 Å². The van der Waals surface area contributed by atoms with Crippen LogP contribution in [-0.2, 0) is 10.0 Å². The number of nitrogens with one attached hydrogen (secondary N) is 1. The van der Waals surface area contributed by atoms with Gasteiger partial charge in [-0.3, -0.25) is 4.72 Å². The molecular formula is C19H23NO4S. The molecule has 6 heteroatoms. The van der Waals surface area contributed by atoms with Crippen molar-refractivity contribution in [3.63, 3.8) is 0 Å². The van der Waals surface area contributed by atoms with E-state index >= 15 is 0 Å². The van der Waals surface area contributed by atoms with Crippen LogP contribution in [0.4, 0.5) is 5.69 Å². The molecule has 0 unspecified atom stereocenters. The minimum Gasteiger partial charge on any atom is -0.496 e. The van der Waals surface area contributed by atoms with Crippen LogP contribution in [0.25, 0.3) is 0 Å². The summed E-state index contributed by atoms with van der Waals surface area (Å²) in [4.78, 5) is 0.206. The van der Waals surface area contributed by atoms with Gasteiger partial charge in [-0.15, -0.1) is 0 Å². The third-order valence-electron chi connectivity index (χ3n) is 4.39. The topological polar surface area (TPSA) is 64.6 Å². The lowest BCUT2D eigenvalue weighted by Crippen LogP contribution is -2.13. The van der Waals surface area contributed by atoms with Gasteiger partial charge in [0.15, 0.2) is 0 Å². The summed E-state index contributed by atoms with van der Waals surface area (Å²) in [6.45, 7) is 1.81. The lowest BCUT2D eigenvalue weighted by molar-refractivity contribution is 0.210. The molecule has 1 aliphatic rings. The predicted octanol–water partition coefficient (Wildman–Crippen LogP) is 4.13. The normalized spacial score (nSPS) is 15.1. The van der Waals surface area contributed by atoms with E-state index in [2.05, 4.69) is 4.72 Å². The maximum absolute atomic E-state index is 12.5. The third kappa shape index (κ3) is 4.25. The van der Waals surface area contributed by atoms with Crippen LogP contribution in [0.15, 0.2) is 47.4 Å². The van der Waals surface area contributed by atoms with Crippen molar-refractivity contribution in [2.75, 3.05) is 11.8 Å². The van der Waals surface area contributed by atoms with Gasteiger partial charge in [-0.1, -0.05) is 0 Å². The molecule has 2 aromatic carbocycles. The molecule has 0 bridgehead atoms. The molecule has 2 aromatic rings. The summed E-state index contributed by atoms with van der Waals surface area (Å²) in [6, 6.07) is 11.8. The van der Waals surface area contributed by atoms with Crippen LogP contribution in [0.5, 0.6) is 11.5 Å². The summed E-state index contributed by atoms with van der Waals surface area (Å²) in [5.41, 5.74) is 1.28. The SMILES string of the molecule is COc1ccc(S(=O)(=O)Nc2ccc(OC3CCCC3)cc2)cc1C. The predicted molar refractivity (Wildman–Crippen MR) is 97.9 cm³/mol. The van der Waals surface area contributed by atoms with Gasteiger partial charge >= 0.3 is 0 Å². The number of rotatable bonds is 6. The van der Waals surface area contributed by atoms with E-state index in [-0.39, 0.29) is 11.0 Å². The lowest BCUT2D eigenvalue weighted by atomic mass is 10.2. The van der Waals surface area contributed by atoms with Crippen molar-refractivity contribution in [3.05, 3.63) is 48.0 Å². The van der Waals surface area contributed by atoms with Crippen LogP contribution in [0.1, 0.15) is 31.2 Å². The fraction of sp³-hybridized carbons (Fsp3) is 0.368. The van der Waals surface area contributed by atoms with Crippen molar-refractivity contribution in [3.8, 4) is 11.5 Å². The Morgan fingerprint density at radius 2 is 1.72 bits per heavy atom. The fourth-order valence-corrected chi connectivity index (χ4v) is 4.18. The Morgan fingerprint density at radius 3 is 2.32 bits per heavy atom. The molecule has 1 aliphatic carbocycles. The molecule has 1 saturated carbocycles. The number of hydrogen-bond donors (Lipinski definition) is 1. The Morgan fingerprint density at radius 1 is 1.04 bits per heavy atom. The summed E-state index contributed by atoms with van der Waals surface area (Å²) in [5, 5.41) is 0. The Bertz CT molecular complexity index is 825. The van der Waals surface area contributed by atoms with Gasteiger partial charge in [0.2, 0.25) is 0 Å². The van der Waals surface area contributed by atoms with Crippen molar-refractivity contribution >= 4 is 15.7 Å². The Hall–Kier alpha value is -2.21. The maximum atomic E-state index is 12.5. The van der Waals surface area contributed by atoms with Gasteiger partial charge in [-0.05, 0) is 80.6 Å². The summed E-state index contributed by atoms with van der Waals surface area (Å²) in [5.74, 6) is 1.43. The van der Waals surface area contributed by atoms with E-state index < -0.39 is 10.0 Å². The summed E-state index contributed by atoms with van der Waals surface area (Å²) in [6.07, 6.45) is 4.88. The van der Waals surface area contributed by atoms with Crippen LogP contribution < -0.4 is 14.2 Å². The van der Waals surface area contributed by atoms with E-state index in [4.69, 9.17) is 9.47 Å². The molecule has 3 rings (SSSR count). The Balaban J connectivity index is 1.71. The number of methoxy groups -OCH3 is 1. The summed E-state index contributed by atoms with van der Waals surface area (Å²) >= 11 is 0. The van der Waals surface area contributed by atoms with E-state index in [9.17, 15) is 8.42 Å².